The zero-order valence-corrected chi connectivity index (χ0v) is 8.24. The first-order valence-corrected chi connectivity index (χ1v) is 4.39. The van der Waals surface area contributed by atoms with E-state index in [2.05, 4.69) is 11.8 Å². The van der Waals surface area contributed by atoms with Gasteiger partial charge in [-0.05, 0) is 6.07 Å². The zero-order chi connectivity index (χ0) is 12.1. The molecule has 1 aromatic rings. The number of aliphatic hydroxyl groups excluding tert-OH is 1. The molecule has 0 saturated heterocycles. The third-order valence-electron chi connectivity index (χ3n) is 1.77. The molecule has 1 rings (SSSR count). The molecule has 0 amide bonds. The van der Waals surface area contributed by atoms with Crippen LogP contribution in [-0.4, -0.2) is 16.6 Å². The fourth-order valence-electron chi connectivity index (χ4n) is 1.05. The van der Waals surface area contributed by atoms with Crippen LogP contribution < -0.4 is 5.73 Å². The van der Waals surface area contributed by atoms with Gasteiger partial charge in [0, 0.05) is 18.1 Å². The van der Waals surface area contributed by atoms with Crippen LogP contribution in [0.2, 0.25) is 0 Å². The second kappa shape index (κ2) is 5.09. The molecule has 1 aromatic carbocycles. The molecular weight excluding hydrogens is 215 g/mol. The van der Waals surface area contributed by atoms with Gasteiger partial charge in [-0.15, -0.1) is 0 Å². The van der Waals surface area contributed by atoms with Gasteiger partial charge in [0.15, 0.2) is 5.82 Å². The molecule has 0 spiro atoms. The number of aliphatic hydroxyl groups is 1. The van der Waals surface area contributed by atoms with Crippen LogP contribution in [0.25, 0.3) is 0 Å². The second-order valence-electron chi connectivity index (χ2n) is 2.92. The van der Waals surface area contributed by atoms with Gasteiger partial charge in [-0.1, -0.05) is 11.8 Å². The van der Waals surface area contributed by atoms with E-state index in [0.717, 1.165) is 12.1 Å². The van der Waals surface area contributed by atoms with Crippen LogP contribution in [0.3, 0.4) is 0 Å². The standard InChI is InChI=1S/C10H9FN2O3/c11-8-5-7(3-1-2-4-14)6-9(10(8)12)13(15)16/h5-6,14H,2,4,12H2. The first-order valence-electron chi connectivity index (χ1n) is 4.39. The van der Waals surface area contributed by atoms with Gasteiger partial charge in [0.05, 0.1) is 11.5 Å². The van der Waals surface area contributed by atoms with E-state index in [1.54, 1.807) is 0 Å². The summed E-state index contributed by atoms with van der Waals surface area (Å²) in [7, 11) is 0. The van der Waals surface area contributed by atoms with Crippen molar-refractivity contribution in [3.8, 4) is 11.8 Å². The molecule has 3 N–H and O–H groups in total. The van der Waals surface area contributed by atoms with E-state index in [-0.39, 0.29) is 18.6 Å². The maximum Gasteiger partial charge on any atom is 0.296 e. The number of anilines is 1. The highest BCUT2D eigenvalue weighted by Gasteiger charge is 2.16. The van der Waals surface area contributed by atoms with Gasteiger partial charge in [0.2, 0.25) is 0 Å². The van der Waals surface area contributed by atoms with Gasteiger partial charge in [0.25, 0.3) is 5.69 Å². The van der Waals surface area contributed by atoms with E-state index in [9.17, 15) is 14.5 Å². The lowest BCUT2D eigenvalue weighted by atomic mass is 10.1. The lowest BCUT2D eigenvalue weighted by Crippen LogP contribution is -1.99. The summed E-state index contributed by atoms with van der Waals surface area (Å²) in [6, 6.07) is 2.12. The van der Waals surface area contributed by atoms with Gasteiger partial charge >= 0.3 is 0 Å². The number of nitro benzene ring substituents is 1. The molecule has 0 aliphatic rings. The summed E-state index contributed by atoms with van der Waals surface area (Å²) in [4.78, 5) is 9.76. The second-order valence-corrected chi connectivity index (χ2v) is 2.92. The highest BCUT2D eigenvalue weighted by Crippen LogP contribution is 2.25. The predicted octanol–water partition coefficient (Wildman–Crippen LogP) is 1.05. The maximum atomic E-state index is 13.2. The molecule has 0 unspecified atom stereocenters. The summed E-state index contributed by atoms with van der Waals surface area (Å²) in [6.07, 6.45) is 0.222. The van der Waals surface area contributed by atoms with E-state index in [1.165, 1.54) is 0 Å². The SMILES string of the molecule is Nc1c(F)cc(C#CCCO)cc1[N+](=O)[O-]. The van der Waals surface area contributed by atoms with Crippen LogP contribution in [0.5, 0.6) is 0 Å². The Balaban J connectivity index is 3.15. The van der Waals surface area contributed by atoms with E-state index < -0.39 is 22.1 Å². The van der Waals surface area contributed by atoms with Gasteiger partial charge in [-0.3, -0.25) is 10.1 Å². The van der Waals surface area contributed by atoms with E-state index in [1.807, 2.05) is 0 Å². The predicted molar refractivity (Wildman–Crippen MR) is 56.0 cm³/mol. The van der Waals surface area contributed by atoms with Gasteiger partial charge in [-0.25, -0.2) is 4.39 Å². The van der Waals surface area contributed by atoms with Crippen molar-refractivity contribution < 1.29 is 14.4 Å². The molecule has 16 heavy (non-hydrogen) atoms. The highest BCUT2D eigenvalue weighted by molar-refractivity contribution is 5.62. The Labute approximate surface area is 90.8 Å². The molecule has 0 aromatic heterocycles. The normalized spacial score (nSPS) is 9.38. The average Bonchev–Trinajstić information content (AvgIpc) is 2.23. The van der Waals surface area contributed by atoms with Crippen LogP contribution in [-0.2, 0) is 0 Å². The highest BCUT2D eigenvalue weighted by atomic mass is 19.1. The van der Waals surface area contributed by atoms with Crippen LogP contribution in [0.1, 0.15) is 12.0 Å². The number of hydrogen-bond donors (Lipinski definition) is 2. The minimum atomic E-state index is -0.873. The van der Waals surface area contributed by atoms with Crippen LogP contribution in [0.4, 0.5) is 15.8 Å². The molecule has 0 atom stereocenters. The minimum absolute atomic E-state index is 0.119. The number of halogens is 1. The summed E-state index contributed by atoms with van der Waals surface area (Å²) < 4.78 is 13.2. The number of benzene rings is 1. The molecular formula is C10H9FN2O3. The molecule has 84 valence electrons. The third-order valence-corrected chi connectivity index (χ3v) is 1.77. The lowest BCUT2D eigenvalue weighted by Gasteiger charge is -1.99. The molecule has 6 heteroatoms. The van der Waals surface area contributed by atoms with Crippen molar-refractivity contribution in [2.24, 2.45) is 0 Å². The summed E-state index contributed by atoms with van der Waals surface area (Å²) in [6.45, 7) is -0.119. The Morgan fingerprint density at radius 1 is 1.56 bits per heavy atom. The Kier molecular flexibility index (Phi) is 3.80. The van der Waals surface area contributed by atoms with Crippen molar-refractivity contribution >= 4 is 11.4 Å². The number of nitrogen functional groups attached to an aromatic ring is 1. The fraction of sp³-hybridized carbons (Fsp3) is 0.200. The third kappa shape index (κ3) is 2.68. The molecule has 0 aliphatic carbocycles. The Morgan fingerprint density at radius 3 is 2.81 bits per heavy atom. The van der Waals surface area contributed by atoms with Crippen LogP contribution >= 0.6 is 0 Å². The quantitative estimate of drug-likeness (QED) is 0.340. The van der Waals surface area contributed by atoms with Crippen molar-refractivity contribution in [3.05, 3.63) is 33.6 Å². The maximum absolute atomic E-state index is 13.2. The summed E-state index contributed by atoms with van der Waals surface area (Å²) in [5.74, 6) is 4.16. The number of rotatable bonds is 2. The average molecular weight is 224 g/mol. The Morgan fingerprint density at radius 2 is 2.25 bits per heavy atom. The summed E-state index contributed by atoms with van der Waals surface area (Å²) in [5.41, 5.74) is 4.35. The number of nitrogens with zero attached hydrogens (tertiary/aromatic N) is 1. The topological polar surface area (TPSA) is 89.4 Å². The number of hydrogen-bond acceptors (Lipinski definition) is 4. The molecule has 0 heterocycles. The smallest absolute Gasteiger partial charge is 0.296 e. The number of nitrogens with two attached hydrogens (primary N) is 1. The number of nitro groups is 1. The molecule has 0 radical (unpaired) electrons. The largest absolute Gasteiger partial charge is 0.395 e. The van der Waals surface area contributed by atoms with Crippen molar-refractivity contribution in [1.82, 2.24) is 0 Å². The molecule has 0 saturated carbocycles. The van der Waals surface area contributed by atoms with Crippen molar-refractivity contribution in [3.63, 3.8) is 0 Å². The minimum Gasteiger partial charge on any atom is -0.395 e. The molecule has 5 nitrogen and oxygen atoms in total. The molecule has 0 bridgehead atoms. The van der Waals surface area contributed by atoms with E-state index in [4.69, 9.17) is 10.8 Å². The van der Waals surface area contributed by atoms with Gasteiger partial charge < -0.3 is 10.8 Å². The zero-order valence-electron chi connectivity index (χ0n) is 8.24. The monoisotopic (exact) mass is 224 g/mol. The Hall–Kier alpha value is -2.13. The van der Waals surface area contributed by atoms with E-state index in [0.29, 0.717) is 0 Å². The summed E-state index contributed by atoms with van der Waals surface area (Å²) in [5, 5.41) is 19.0. The first-order chi connectivity index (χ1) is 7.56. The fourth-order valence-corrected chi connectivity index (χ4v) is 1.05. The first kappa shape index (κ1) is 11.9. The van der Waals surface area contributed by atoms with Crippen molar-refractivity contribution in [2.45, 2.75) is 6.42 Å². The van der Waals surface area contributed by atoms with Gasteiger partial charge in [-0.2, -0.15) is 0 Å². The van der Waals surface area contributed by atoms with Crippen molar-refractivity contribution in [2.75, 3.05) is 12.3 Å². The Bertz CT molecular complexity index is 477. The van der Waals surface area contributed by atoms with Crippen molar-refractivity contribution in [1.29, 1.82) is 0 Å². The summed E-state index contributed by atoms with van der Waals surface area (Å²) >= 11 is 0. The molecule has 0 aliphatic heterocycles. The molecule has 0 fully saturated rings. The van der Waals surface area contributed by atoms with E-state index >= 15 is 0 Å². The van der Waals surface area contributed by atoms with Crippen LogP contribution in [0, 0.1) is 27.8 Å². The lowest BCUT2D eigenvalue weighted by molar-refractivity contribution is -0.384. The van der Waals surface area contributed by atoms with Gasteiger partial charge in [0.1, 0.15) is 5.69 Å². The van der Waals surface area contributed by atoms with Crippen LogP contribution in [0.15, 0.2) is 12.1 Å².